The van der Waals surface area contributed by atoms with Crippen LogP contribution in [0.1, 0.15) is 44.7 Å². The lowest BCUT2D eigenvalue weighted by Crippen LogP contribution is -2.41. The van der Waals surface area contributed by atoms with Crippen LogP contribution in [0.4, 0.5) is 0 Å². The molecule has 24 heavy (non-hydrogen) atoms. The number of hydrogen-bond donors (Lipinski definition) is 0. The third-order valence-electron chi connectivity index (χ3n) is 5.18. The van der Waals surface area contributed by atoms with Crippen LogP contribution in [0.2, 0.25) is 18.1 Å². The van der Waals surface area contributed by atoms with Crippen LogP contribution in [0.5, 0.6) is 0 Å². The molecule has 1 aromatic heterocycles. The zero-order chi connectivity index (χ0) is 18.1. The maximum Gasteiger partial charge on any atom is 0.192 e. The third kappa shape index (κ3) is 4.11. The molecule has 132 valence electrons. The van der Waals surface area contributed by atoms with Crippen molar-refractivity contribution < 1.29 is 4.43 Å². The van der Waals surface area contributed by atoms with Crippen LogP contribution in [0, 0.1) is 6.92 Å². The van der Waals surface area contributed by atoms with Gasteiger partial charge in [0, 0.05) is 7.05 Å². The van der Waals surface area contributed by atoms with E-state index in [2.05, 4.69) is 101 Å². The van der Waals surface area contributed by atoms with Gasteiger partial charge in [-0.25, -0.2) is 4.98 Å². The lowest BCUT2D eigenvalue weighted by molar-refractivity contribution is 0.187. The van der Waals surface area contributed by atoms with Crippen LogP contribution in [0.3, 0.4) is 0 Å². The Balaban J connectivity index is 2.40. The zero-order valence-electron chi connectivity index (χ0n) is 15.9. The number of nitrogens with zero attached hydrogens (tertiary/aromatic N) is 2. The second kappa shape index (κ2) is 7.29. The lowest BCUT2D eigenvalue weighted by Gasteiger charge is -2.39. The molecule has 0 radical (unpaired) electrons. The summed E-state index contributed by atoms with van der Waals surface area (Å²) in [6, 6.07) is 6.56. The molecule has 0 saturated heterocycles. The molecule has 0 saturated carbocycles. The molecule has 0 spiro atoms. The van der Waals surface area contributed by atoms with Crippen molar-refractivity contribution in [3.63, 3.8) is 0 Å². The summed E-state index contributed by atoms with van der Waals surface area (Å²) in [4.78, 5) is 4.68. The summed E-state index contributed by atoms with van der Waals surface area (Å²) in [5.41, 5.74) is 3.45. The Labute approximate surface area is 160 Å². The lowest BCUT2D eigenvalue weighted by atomic mass is 10.1. The number of aromatic nitrogens is 2. The molecular weight excluding hydrogens is 427 g/mol. The molecule has 1 heterocycles. The van der Waals surface area contributed by atoms with Gasteiger partial charge in [-0.05, 0) is 53.3 Å². The van der Waals surface area contributed by atoms with Gasteiger partial charge in [0.05, 0.1) is 17.1 Å². The normalized spacial score (nSPS) is 14.7. The van der Waals surface area contributed by atoms with Crippen molar-refractivity contribution >= 4 is 41.9 Å². The quantitative estimate of drug-likeness (QED) is 0.391. The molecule has 3 nitrogen and oxygen atoms in total. The summed E-state index contributed by atoms with van der Waals surface area (Å²) in [7, 11) is 0.226. The Hall–Kier alpha value is -0.663. The van der Waals surface area contributed by atoms with Crippen LogP contribution in [-0.4, -0.2) is 17.9 Å². The van der Waals surface area contributed by atoms with Crippen molar-refractivity contribution in [2.45, 2.75) is 58.4 Å². The molecule has 0 fully saturated rings. The molecule has 2 aromatic rings. The van der Waals surface area contributed by atoms with E-state index in [1.807, 2.05) is 6.92 Å². The van der Waals surface area contributed by atoms with Crippen molar-refractivity contribution in [3.8, 4) is 0 Å². The van der Waals surface area contributed by atoms with E-state index in [1.165, 1.54) is 11.1 Å². The second-order valence-electron chi connectivity index (χ2n) is 7.93. The zero-order valence-corrected chi connectivity index (χ0v) is 19.0. The Kier molecular flexibility index (Phi) is 5.98. The van der Waals surface area contributed by atoms with Gasteiger partial charge in [0.15, 0.2) is 8.32 Å². The molecule has 2 rings (SSSR count). The van der Waals surface area contributed by atoms with E-state index in [0.29, 0.717) is 0 Å². The molecule has 0 unspecified atom stereocenters. The van der Waals surface area contributed by atoms with Crippen molar-refractivity contribution in [2.75, 3.05) is 0 Å². The van der Waals surface area contributed by atoms with Crippen LogP contribution >= 0.6 is 22.6 Å². The Morgan fingerprint density at radius 1 is 1.33 bits per heavy atom. The molecule has 5 heteroatoms. The van der Waals surface area contributed by atoms with Gasteiger partial charge in [-0.1, -0.05) is 55.5 Å². The summed E-state index contributed by atoms with van der Waals surface area (Å²) < 4.78 is 10.9. The molecule has 0 aliphatic carbocycles. The largest absolute Gasteiger partial charge is 0.410 e. The smallest absolute Gasteiger partial charge is 0.192 e. The van der Waals surface area contributed by atoms with Crippen molar-refractivity contribution in [2.24, 2.45) is 7.05 Å². The predicted molar refractivity (Wildman–Crippen MR) is 114 cm³/mol. The standard InChI is InChI=1S/C19H29IN2OSi/c1-14-21-16-13-15(10-11-17(16)22(14)5)18(9-8-12-20)23-24(6,7)19(2,3)4/h8,10-13,18H,9H2,1-7H3/b12-8-/t18-/m0/s1. The highest BCUT2D eigenvalue weighted by Gasteiger charge is 2.39. The summed E-state index contributed by atoms with van der Waals surface area (Å²) >= 11 is 2.27. The van der Waals surface area contributed by atoms with E-state index in [0.717, 1.165) is 17.8 Å². The van der Waals surface area contributed by atoms with Gasteiger partial charge in [-0.2, -0.15) is 0 Å². The van der Waals surface area contributed by atoms with Gasteiger partial charge in [-0.3, -0.25) is 0 Å². The number of rotatable bonds is 5. The predicted octanol–water partition coefficient (Wildman–Crippen LogP) is 6.28. The average Bonchev–Trinajstić information content (AvgIpc) is 2.76. The maximum absolute atomic E-state index is 6.73. The number of hydrogen-bond acceptors (Lipinski definition) is 2. The van der Waals surface area contributed by atoms with Gasteiger partial charge in [-0.15, -0.1) is 0 Å². The fraction of sp³-hybridized carbons (Fsp3) is 0.526. The monoisotopic (exact) mass is 456 g/mol. The second-order valence-corrected chi connectivity index (χ2v) is 13.4. The summed E-state index contributed by atoms with van der Waals surface area (Å²) in [5.74, 6) is 1.04. The van der Waals surface area contributed by atoms with E-state index < -0.39 is 8.32 Å². The highest BCUT2D eigenvalue weighted by molar-refractivity contribution is 14.1. The summed E-state index contributed by atoms with van der Waals surface area (Å²) in [6.07, 6.45) is 3.17. The van der Waals surface area contributed by atoms with Gasteiger partial charge in [0.1, 0.15) is 5.82 Å². The molecule has 0 aliphatic rings. The molecular formula is C19H29IN2OSi. The first-order valence-corrected chi connectivity index (χ1v) is 12.6. The Morgan fingerprint density at radius 3 is 2.58 bits per heavy atom. The Bertz CT molecular complexity index is 744. The molecule has 1 aromatic carbocycles. The summed E-state index contributed by atoms with van der Waals surface area (Å²) in [6.45, 7) is 13.5. The minimum Gasteiger partial charge on any atom is -0.410 e. The van der Waals surface area contributed by atoms with Crippen LogP contribution in [0.25, 0.3) is 11.0 Å². The minimum atomic E-state index is -1.84. The molecule has 0 bridgehead atoms. The molecule has 0 amide bonds. The molecule has 1 atom stereocenters. The fourth-order valence-electron chi connectivity index (χ4n) is 2.50. The SMILES string of the molecule is Cc1nc2cc([C@H](C/C=C\I)O[Si](C)(C)C(C)(C)C)ccc2n1C. The highest BCUT2D eigenvalue weighted by atomic mass is 127. The number of benzene rings is 1. The first kappa shape index (κ1) is 19.7. The van der Waals surface area contributed by atoms with Gasteiger partial charge >= 0.3 is 0 Å². The number of aryl methyl sites for hydroxylation is 2. The number of halogens is 1. The number of imidazole rings is 1. The van der Waals surface area contributed by atoms with E-state index in [-0.39, 0.29) is 11.1 Å². The number of fused-ring (bicyclic) bond motifs is 1. The Morgan fingerprint density at radius 2 is 2.00 bits per heavy atom. The topological polar surface area (TPSA) is 27.1 Å². The van der Waals surface area contributed by atoms with Gasteiger partial charge < -0.3 is 8.99 Å². The van der Waals surface area contributed by atoms with Crippen molar-refractivity contribution in [1.29, 1.82) is 0 Å². The first-order valence-electron chi connectivity index (χ1n) is 8.43. The third-order valence-corrected chi connectivity index (χ3v) is 10.2. The maximum atomic E-state index is 6.73. The van der Waals surface area contributed by atoms with Crippen LogP contribution in [-0.2, 0) is 11.5 Å². The minimum absolute atomic E-state index is 0.0867. The highest BCUT2D eigenvalue weighted by Crippen LogP contribution is 2.41. The van der Waals surface area contributed by atoms with E-state index in [9.17, 15) is 0 Å². The van der Waals surface area contributed by atoms with Gasteiger partial charge in [0.2, 0.25) is 0 Å². The fourth-order valence-corrected chi connectivity index (χ4v) is 4.09. The summed E-state index contributed by atoms with van der Waals surface area (Å²) in [5, 5.41) is 0.199. The van der Waals surface area contributed by atoms with E-state index in [4.69, 9.17) is 4.43 Å². The average molecular weight is 456 g/mol. The molecule has 0 aliphatic heterocycles. The van der Waals surface area contributed by atoms with Crippen molar-refractivity contribution in [3.05, 3.63) is 39.7 Å². The van der Waals surface area contributed by atoms with E-state index >= 15 is 0 Å². The van der Waals surface area contributed by atoms with Gasteiger partial charge in [0.25, 0.3) is 0 Å². The first-order chi connectivity index (χ1) is 11.1. The van der Waals surface area contributed by atoms with Crippen LogP contribution < -0.4 is 0 Å². The van der Waals surface area contributed by atoms with Crippen molar-refractivity contribution in [1.82, 2.24) is 9.55 Å². The van der Waals surface area contributed by atoms with E-state index in [1.54, 1.807) is 0 Å². The molecule has 0 N–H and O–H groups in total. The van der Waals surface area contributed by atoms with Crippen LogP contribution in [0.15, 0.2) is 28.4 Å².